The molecular weight excluding hydrogens is 184 g/mol. The number of rotatable bonds is 2. The summed E-state index contributed by atoms with van der Waals surface area (Å²) in [4.78, 5) is 18.6. The lowest BCUT2D eigenvalue weighted by Crippen LogP contribution is -2.22. The molecule has 0 aliphatic rings. The number of aliphatic carboxylic acids is 1. The maximum absolute atomic E-state index is 10.7. The van der Waals surface area contributed by atoms with Crippen molar-refractivity contribution in [2.24, 2.45) is 5.73 Å². The minimum atomic E-state index is -1.14. The molecule has 0 fully saturated rings. The van der Waals surface area contributed by atoms with Crippen molar-refractivity contribution in [3.05, 3.63) is 30.5 Å². The van der Waals surface area contributed by atoms with Crippen molar-refractivity contribution in [3.8, 4) is 0 Å². The van der Waals surface area contributed by atoms with Crippen molar-refractivity contribution in [3.63, 3.8) is 0 Å². The molecule has 2 heterocycles. The molecule has 0 bridgehead atoms. The zero-order valence-corrected chi connectivity index (χ0v) is 7.16. The first-order valence-corrected chi connectivity index (χ1v) is 3.96. The molecule has 0 aliphatic heterocycles. The first kappa shape index (κ1) is 8.64. The number of carboxylic acids is 1. The van der Waals surface area contributed by atoms with Crippen LogP contribution in [0.25, 0.3) is 5.65 Å². The first-order valence-electron chi connectivity index (χ1n) is 3.96. The fourth-order valence-corrected chi connectivity index (χ4v) is 1.21. The van der Waals surface area contributed by atoms with Crippen molar-refractivity contribution in [1.82, 2.24) is 14.4 Å². The van der Waals surface area contributed by atoms with Gasteiger partial charge in [-0.3, -0.25) is 9.78 Å². The molecular formula is C8H8N4O2. The van der Waals surface area contributed by atoms with Gasteiger partial charge in [-0.1, -0.05) is 0 Å². The molecule has 14 heavy (non-hydrogen) atoms. The van der Waals surface area contributed by atoms with E-state index in [0.717, 1.165) is 0 Å². The van der Waals surface area contributed by atoms with Gasteiger partial charge < -0.3 is 15.2 Å². The smallest absolute Gasteiger partial charge is 0.326 e. The SMILES string of the molecule is NC(C(=O)O)c1nccn2ccnc12. The first-order chi connectivity index (χ1) is 6.70. The Morgan fingerprint density at radius 3 is 2.71 bits per heavy atom. The summed E-state index contributed by atoms with van der Waals surface area (Å²) in [5.74, 6) is -1.12. The number of carbonyl (C=O) groups is 1. The fraction of sp³-hybridized carbons (Fsp3) is 0.125. The van der Waals surface area contributed by atoms with Gasteiger partial charge in [0.15, 0.2) is 5.65 Å². The molecule has 0 aliphatic carbocycles. The molecule has 3 N–H and O–H groups in total. The minimum absolute atomic E-state index is 0.269. The fourth-order valence-electron chi connectivity index (χ4n) is 1.21. The second-order valence-electron chi connectivity index (χ2n) is 2.79. The molecule has 1 atom stereocenters. The van der Waals surface area contributed by atoms with E-state index in [1.165, 1.54) is 6.20 Å². The van der Waals surface area contributed by atoms with E-state index in [9.17, 15) is 4.79 Å². The molecule has 0 radical (unpaired) electrons. The van der Waals surface area contributed by atoms with E-state index in [-0.39, 0.29) is 5.69 Å². The lowest BCUT2D eigenvalue weighted by molar-refractivity contribution is -0.138. The van der Waals surface area contributed by atoms with Crippen molar-refractivity contribution < 1.29 is 9.90 Å². The number of fused-ring (bicyclic) bond motifs is 1. The zero-order chi connectivity index (χ0) is 10.1. The molecule has 0 amide bonds. The molecule has 0 saturated heterocycles. The highest BCUT2D eigenvalue weighted by molar-refractivity contribution is 5.76. The monoisotopic (exact) mass is 192 g/mol. The summed E-state index contributed by atoms with van der Waals surface area (Å²) in [6.07, 6.45) is 6.44. The van der Waals surface area contributed by atoms with Crippen molar-refractivity contribution in [2.75, 3.05) is 0 Å². The van der Waals surface area contributed by atoms with E-state index < -0.39 is 12.0 Å². The van der Waals surface area contributed by atoms with Crippen LogP contribution in [0.2, 0.25) is 0 Å². The highest BCUT2D eigenvalue weighted by atomic mass is 16.4. The number of aromatic nitrogens is 3. The van der Waals surface area contributed by atoms with Gasteiger partial charge in [-0.25, -0.2) is 4.98 Å². The predicted molar refractivity (Wildman–Crippen MR) is 47.6 cm³/mol. The van der Waals surface area contributed by atoms with Gasteiger partial charge in [0, 0.05) is 24.8 Å². The van der Waals surface area contributed by atoms with Crippen LogP contribution < -0.4 is 5.73 Å². The third-order valence-electron chi connectivity index (χ3n) is 1.90. The van der Waals surface area contributed by atoms with Gasteiger partial charge in [-0.15, -0.1) is 0 Å². The highest BCUT2D eigenvalue weighted by Gasteiger charge is 2.19. The van der Waals surface area contributed by atoms with Crippen LogP contribution in [0, 0.1) is 0 Å². The van der Waals surface area contributed by atoms with Crippen LogP contribution in [-0.2, 0) is 4.79 Å². The van der Waals surface area contributed by atoms with Gasteiger partial charge in [0.05, 0.1) is 0 Å². The molecule has 0 aromatic carbocycles. The van der Waals surface area contributed by atoms with Crippen LogP contribution in [0.5, 0.6) is 0 Å². The molecule has 72 valence electrons. The number of imidazole rings is 1. The van der Waals surface area contributed by atoms with Gasteiger partial charge in [0.25, 0.3) is 0 Å². The third-order valence-corrected chi connectivity index (χ3v) is 1.90. The van der Waals surface area contributed by atoms with E-state index in [4.69, 9.17) is 10.8 Å². The van der Waals surface area contributed by atoms with Crippen molar-refractivity contribution in [2.45, 2.75) is 6.04 Å². The molecule has 6 nitrogen and oxygen atoms in total. The highest BCUT2D eigenvalue weighted by Crippen LogP contribution is 2.12. The summed E-state index contributed by atoms with van der Waals surface area (Å²) in [6.45, 7) is 0. The average molecular weight is 192 g/mol. The summed E-state index contributed by atoms with van der Waals surface area (Å²) in [5, 5.41) is 8.73. The summed E-state index contributed by atoms with van der Waals surface area (Å²) in [6, 6.07) is -1.14. The van der Waals surface area contributed by atoms with Gasteiger partial charge in [0.1, 0.15) is 11.7 Å². The lowest BCUT2D eigenvalue weighted by atomic mass is 10.2. The molecule has 2 aromatic heterocycles. The second kappa shape index (κ2) is 3.08. The van der Waals surface area contributed by atoms with E-state index in [1.54, 1.807) is 23.0 Å². The molecule has 6 heteroatoms. The molecule has 0 saturated carbocycles. The van der Waals surface area contributed by atoms with E-state index >= 15 is 0 Å². The second-order valence-corrected chi connectivity index (χ2v) is 2.79. The number of hydrogen-bond donors (Lipinski definition) is 2. The summed E-state index contributed by atoms with van der Waals surface area (Å²) in [5.41, 5.74) is 6.19. The maximum Gasteiger partial charge on any atom is 0.326 e. The van der Waals surface area contributed by atoms with Crippen LogP contribution >= 0.6 is 0 Å². The Hall–Kier alpha value is -1.95. The van der Waals surface area contributed by atoms with Crippen LogP contribution in [0.3, 0.4) is 0 Å². The number of hydrogen-bond acceptors (Lipinski definition) is 4. The Bertz CT molecular complexity index is 479. The Kier molecular flexibility index (Phi) is 1.90. The summed E-state index contributed by atoms with van der Waals surface area (Å²) in [7, 11) is 0. The topological polar surface area (TPSA) is 93.5 Å². The maximum atomic E-state index is 10.7. The Morgan fingerprint density at radius 1 is 1.43 bits per heavy atom. The van der Waals surface area contributed by atoms with Crippen LogP contribution in [-0.4, -0.2) is 25.4 Å². The van der Waals surface area contributed by atoms with Crippen LogP contribution in [0.15, 0.2) is 24.8 Å². The summed E-state index contributed by atoms with van der Waals surface area (Å²) < 4.78 is 1.67. The van der Waals surface area contributed by atoms with Crippen LogP contribution in [0.4, 0.5) is 0 Å². The number of nitrogens with zero attached hydrogens (tertiary/aromatic N) is 3. The largest absolute Gasteiger partial charge is 0.480 e. The normalized spacial score (nSPS) is 12.9. The van der Waals surface area contributed by atoms with Gasteiger partial charge in [-0.05, 0) is 0 Å². The Morgan fingerprint density at radius 2 is 2.07 bits per heavy atom. The Balaban J connectivity index is 2.61. The number of carboxylic acid groups (broad SMARTS) is 1. The zero-order valence-electron chi connectivity index (χ0n) is 7.16. The molecule has 2 rings (SSSR count). The van der Waals surface area contributed by atoms with Crippen LogP contribution in [0.1, 0.15) is 11.7 Å². The minimum Gasteiger partial charge on any atom is -0.480 e. The summed E-state index contributed by atoms with van der Waals surface area (Å²) >= 11 is 0. The van der Waals surface area contributed by atoms with Gasteiger partial charge in [-0.2, -0.15) is 0 Å². The third kappa shape index (κ3) is 1.21. The van der Waals surface area contributed by atoms with E-state index in [1.807, 2.05) is 0 Å². The number of nitrogens with two attached hydrogens (primary N) is 1. The molecule has 2 aromatic rings. The van der Waals surface area contributed by atoms with Crippen molar-refractivity contribution >= 4 is 11.6 Å². The van der Waals surface area contributed by atoms with E-state index in [0.29, 0.717) is 5.65 Å². The predicted octanol–water partition coefficient (Wildman–Crippen LogP) is -0.186. The van der Waals surface area contributed by atoms with Crippen molar-refractivity contribution in [1.29, 1.82) is 0 Å². The van der Waals surface area contributed by atoms with Gasteiger partial charge >= 0.3 is 5.97 Å². The van der Waals surface area contributed by atoms with E-state index in [2.05, 4.69) is 9.97 Å². The molecule has 1 unspecified atom stereocenters. The standard InChI is InChI=1S/C8H8N4O2/c9-5(8(13)14)6-7-11-2-4-12(7)3-1-10-6/h1-5H,9H2,(H,13,14). The quantitative estimate of drug-likeness (QED) is 0.688. The Labute approximate surface area is 79.0 Å². The lowest BCUT2D eigenvalue weighted by Gasteiger charge is -2.06. The average Bonchev–Trinajstić information content (AvgIpc) is 2.63. The van der Waals surface area contributed by atoms with Gasteiger partial charge in [0.2, 0.25) is 0 Å². The molecule has 0 spiro atoms.